The second kappa shape index (κ2) is 9.38. The Bertz CT molecular complexity index is 861. The number of amides is 1. The van der Waals surface area contributed by atoms with E-state index in [1.54, 1.807) is 12.1 Å². The maximum absolute atomic E-state index is 12.2. The third kappa shape index (κ3) is 5.45. The van der Waals surface area contributed by atoms with Crippen LogP contribution in [0.15, 0.2) is 42.5 Å². The molecule has 1 saturated heterocycles. The highest BCUT2D eigenvalue weighted by atomic mass is 16.6. The van der Waals surface area contributed by atoms with Gasteiger partial charge in [0.05, 0.1) is 4.92 Å². The summed E-state index contributed by atoms with van der Waals surface area (Å²) in [7, 11) is 0. The standard InChI is InChI=1S/C21H26N4O4/c1-15(2)16-3-6-18(7-4-16)29-14-21(26)23-17-5-8-19(20(13-17)25(27)28)24-11-9-22-10-12-24/h3-8,13,15,22H,9-12,14H2,1-2H3,(H,23,26). The fourth-order valence-electron chi connectivity index (χ4n) is 3.22. The van der Waals surface area contributed by atoms with Crippen LogP contribution in [-0.2, 0) is 4.79 Å². The van der Waals surface area contributed by atoms with Gasteiger partial charge in [0.1, 0.15) is 11.4 Å². The molecule has 0 atom stereocenters. The summed E-state index contributed by atoms with van der Waals surface area (Å²) >= 11 is 0. The van der Waals surface area contributed by atoms with Gasteiger partial charge in [-0.1, -0.05) is 26.0 Å². The molecule has 2 aromatic rings. The first-order valence-electron chi connectivity index (χ1n) is 9.71. The number of anilines is 2. The first-order valence-corrected chi connectivity index (χ1v) is 9.71. The van der Waals surface area contributed by atoms with Gasteiger partial charge in [-0.25, -0.2) is 0 Å². The average Bonchev–Trinajstić information content (AvgIpc) is 2.73. The largest absolute Gasteiger partial charge is 0.484 e. The highest BCUT2D eigenvalue weighted by Crippen LogP contribution is 2.31. The number of carbonyl (C=O) groups is 1. The van der Waals surface area contributed by atoms with Gasteiger partial charge in [0.25, 0.3) is 11.6 Å². The highest BCUT2D eigenvalue weighted by Gasteiger charge is 2.22. The average molecular weight is 398 g/mol. The van der Waals surface area contributed by atoms with Crippen LogP contribution in [0.25, 0.3) is 0 Å². The zero-order valence-electron chi connectivity index (χ0n) is 16.7. The molecular formula is C21H26N4O4. The first-order chi connectivity index (χ1) is 13.9. The summed E-state index contributed by atoms with van der Waals surface area (Å²) in [5, 5.41) is 17.4. The van der Waals surface area contributed by atoms with Crippen molar-refractivity contribution in [3.63, 3.8) is 0 Å². The predicted octanol–water partition coefficient (Wildman–Crippen LogP) is 3.15. The number of rotatable bonds is 7. The van der Waals surface area contributed by atoms with Crippen molar-refractivity contribution in [1.82, 2.24) is 5.32 Å². The number of nitrogens with zero attached hydrogens (tertiary/aromatic N) is 2. The van der Waals surface area contributed by atoms with E-state index in [1.807, 2.05) is 29.2 Å². The molecule has 1 aliphatic heterocycles. The number of carbonyl (C=O) groups excluding carboxylic acids is 1. The zero-order chi connectivity index (χ0) is 20.8. The van der Waals surface area contributed by atoms with Gasteiger partial charge in [0.2, 0.25) is 0 Å². The summed E-state index contributed by atoms with van der Waals surface area (Å²) in [5.74, 6) is 0.652. The van der Waals surface area contributed by atoms with E-state index < -0.39 is 4.92 Å². The molecular weight excluding hydrogens is 372 g/mol. The summed E-state index contributed by atoms with van der Waals surface area (Å²) in [4.78, 5) is 25.3. The molecule has 0 saturated carbocycles. The molecule has 1 aliphatic rings. The van der Waals surface area contributed by atoms with E-state index in [9.17, 15) is 14.9 Å². The molecule has 0 radical (unpaired) electrons. The lowest BCUT2D eigenvalue weighted by Crippen LogP contribution is -2.43. The lowest BCUT2D eigenvalue weighted by atomic mass is 10.0. The minimum Gasteiger partial charge on any atom is -0.484 e. The van der Waals surface area contributed by atoms with Crippen molar-refractivity contribution >= 4 is 23.0 Å². The Balaban J connectivity index is 1.62. The van der Waals surface area contributed by atoms with E-state index in [0.29, 0.717) is 36.1 Å². The third-order valence-corrected chi connectivity index (χ3v) is 4.83. The fraction of sp³-hybridized carbons (Fsp3) is 0.381. The Hall–Kier alpha value is -3.13. The summed E-state index contributed by atoms with van der Waals surface area (Å²) in [6.07, 6.45) is 0. The molecule has 29 heavy (non-hydrogen) atoms. The molecule has 0 unspecified atom stereocenters. The number of ether oxygens (including phenoxy) is 1. The third-order valence-electron chi connectivity index (χ3n) is 4.83. The van der Waals surface area contributed by atoms with Crippen LogP contribution in [0.1, 0.15) is 25.3 Å². The molecule has 0 aromatic heterocycles. The van der Waals surface area contributed by atoms with Crippen molar-refractivity contribution in [3.05, 3.63) is 58.1 Å². The molecule has 0 spiro atoms. The van der Waals surface area contributed by atoms with Crippen LogP contribution >= 0.6 is 0 Å². The number of nitro groups is 1. The number of benzene rings is 2. The smallest absolute Gasteiger partial charge is 0.294 e. The first kappa shape index (κ1) is 20.6. The molecule has 154 valence electrons. The predicted molar refractivity (Wildman–Crippen MR) is 113 cm³/mol. The second-order valence-electron chi connectivity index (χ2n) is 7.26. The van der Waals surface area contributed by atoms with Gasteiger partial charge in [-0.15, -0.1) is 0 Å². The molecule has 1 heterocycles. The van der Waals surface area contributed by atoms with E-state index in [-0.39, 0.29) is 18.2 Å². The van der Waals surface area contributed by atoms with Crippen LogP contribution in [0.5, 0.6) is 5.75 Å². The minimum absolute atomic E-state index is 0.0186. The monoisotopic (exact) mass is 398 g/mol. The molecule has 1 fully saturated rings. The minimum atomic E-state index is -0.417. The Morgan fingerprint density at radius 3 is 2.52 bits per heavy atom. The zero-order valence-corrected chi connectivity index (χ0v) is 16.7. The Kier molecular flexibility index (Phi) is 6.66. The van der Waals surface area contributed by atoms with Crippen LogP contribution in [0.2, 0.25) is 0 Å². The quantitative estimate of drug-likeness (QED) is 0.549. The van der Waals surface area contributed by atoms with Crippen LogP contribution in [0.3, 0.4) is 0 Å². The number of nitrogens with one attached hydrogen (secondary N) is 2. The van der Waals surface area contributed by atoms with Crippen LogP contribution in [-0.4, -0.2) is 43.6 Å². The van der Waals surface area contributed by atoms with E-state index in [2.05, 4.69) is 24.5 Å². The van der Waals surface area contributed by atoms with Gasteiger partial charge in [0, 0.05) is 37.9 Å². The molecule has 8 nitrogen and oxygen atoms in total. The van der Waals surface area contributed by atoms with E-state index in [0.717, 1.165) is 13.1 Å². The maximum Gasteiger partial charge on any atom is 0.294 e. The molecule has 8 heteroatoms. The molecule has 1 amide bonds. The van der Waals surface area contributed by atoms with Crippen LogP contribution in [0, 0.1) is 10.1 Å². The number of piperazine rings is 1. The maximum atomic E-state index is 12.2. The van der Waals surface area contributed by atoms with Crippen molar-refractivity contribution in [2.75, 3.05) is 43.0 Å². The van der Waals surface area contributed by atoms with Gasteiger partial charge in [0.15, 0.2) is 6.61 Å². The number of hydrogen-bond acceptors (Lipinski definition) is 6. The van der Waals surface area contributed by atoms with Crippen molar-refractivity contribution in [2.45, 2.75) is 19.8 Å². The van der Waals surface area contributed by atoms with Gasteiger partial charge in [-0.3, -0.25) is 14.9 Å². The highest BCUT2D eigenvalue weighted by molar-refractivity contribution is 5.92. The number of hydrogen-bond donors (Lipinski definition) is 2. The van der Waals surface area contributed by atoms with Crippen LogP contribution in [0.4, 0.5) is 17.1 Å². The summed E-state index contributed by atoms with van der Waals surface area (Å²) in [5.41, 5.74) is 2.11. The lowest BCUT2D eigenvalue weighted by molar-refractivity contribution is -0.384. The normalized spacial score (nSPS) is 14.0. The van der Waals surface area contributed by atoms with E-state index in [4.69, 9.17) is 4.74 Å². The Labute approximate surface area is 170 Å². The topological polar surface area (TPSA) is 96.7 Å². The molecule has 0 aliphatic carbocycles. The SMILES string of the molecule is CC(C)c1ccc(OCC(=O)Nc2ccc(N3CCNCC3)c([N+](=O)[O-])c2)cc1. The second-order valence-corrected chi connectivity index (χ2v) is 7.26. The summed E-state index contributed by atoms with van der Waals surface area (Å²) in [6.45, 7) is 7.02. The van der Waals surface area contributed by atoms with Crippen molar-refractivity contribution < 1.29 is 14.5 Å². The molecule has 0 bridgehead atoms. The van der Waals surface area contributed by atoms with Crippen molar-refractivity contribution in [2.24, 2.45) is 0 Å². The molecule has 2 N–H and O–H groups in total. The van der Waals surface area contributed by atoms with Gasteiger partial charge in [-0.05, 0) is 35.7 Å². The van der Waals surface area contributed by atoms with Crippen LogP contribution < -0.4 is 20.3 Å². The van der Waals surface area contributed by atoms with Crippen molar-refractivity contribution in [1.29, 1.82) is 0 Å². The summed E-state index contributed by atoms with van der Waals surface area (Å²) in [6, 6.07) is 12.4. The summed E-state index contributed by atoms with van der Waals surface area (Å²) < 4.78 is 5.51. The van der Waals surface area contributed by atoms with Gasteiger partial charge >= 0.3 is 0 Å². The Morgan fingerprint density at radius 2 is 1.90 bits per heavy atom. The van der Waals surface area contributed by atoms with E-state index >= 15 is 0 Å². The fourth-order valence-corrected chi connectivity index (χ4v) is 3.22. The van der Waals surface area contributed by atoms with Gasteiger partial charge in [-0.2, -0.15) is 0 Å². The molecule has 2 aromatic carbocycles. The van der Waals surface area contributed by atoms with Gasteiger partial charge < -0.3 is 20.3 Å². The molecule has 3 rings (SSSR count). The lowest BCUT2D eigenvalue weighted by Gasteiger charge is -2.29. The number of nitro benzene ring substituents is 1. The van der Waals surface area contributed by atoms with E-state index in [1.165, 1.54) is 11.6 Å². The Morgan fingerprint density at radius 1 is 1.21 bits per heavy atom. The van der Waals surface area contributed by atoms with Crippen molar-refractivity contribution in [3.8, 4) is 5.75 Å².